The van der Waals surface area contributed by atoms with E-state index in [-0.39, 0.29) is 18.8 Å². The molecule has 2 aliphatic heterocycles. The average molecular weight is 475 g/mol. The molecule has 0 bridgehead atoms. The fourth-order valence-corrected chi connectivity index (χ4v) is 4.82. The van der Waals surface area contributed by atoms with E-state index in [4.69, 9.17) is 19.9 Å². The predicted molar refractivity (Wildman–Crippen MR) is 135 cm³/mol. The monoisotopic (exact) mass is 474 g/mol. The summed E-state index contributed by atoms with van der Waals surface area (Å²) >= 11 is 0. The Morgan fingerprint density at radius 1 is 0.829 bits per heavy atom. The molecule has 0 unspecified atom stereocenters. The number of ether oxygens (including phenoxy) is 3. The van der Waals surface area contributed by atoms with Crippen LogP contribution in [0.4, 0.5) is 0 Å². The highest BCUT2D eigenvalue weighted by atomic mass is 16.7. The number of hydrogen-bond acceptors (Lipinski definition) is 6. The molecule has 2 saturated heterocycles. The molecule has 0 aliphatic carbocycles. The minimum atomic E-state index is -0.443. The van der Waals surface area contributed by atoms with Crippen LogP contribution in [0.5, 0.6) is 0 Å². The van der Waals surface area contributed by atoms with Crippen molar-refractivity contribution < 1.29 is 19.3 Å². The number of rotatable bonds is 7. The highest BCUT2D eigenvalue weighted by molar-refractivity contribution is 5.64. The quantitative estimate of drug-likeness (QED) is 0.535. The lowest BCUT2D eigenvalue weighted by molar-refractivity contribution is -0.253. The lowest BCUT2D eigenvalue weighted by Crippen LogP contribution is -2.44. The topological polar surface area (TPSA) is 77.2 Å². The second-order valence-electron chi connectivity index (χ2n) is 9.29. The summed E-state index contributed by atoms with van der Waals surface area (Å²) in [5, 5.41) is 9.41. The Hall–Kier alpha value is -2.58. The van der Waals surface area contributed by atoms with Crippen molar-refractivity contribution in [3.8, 4) is 11.1 Å². The van der Waals surface area contributed by atoms with Crippen molar-refractivity contribution in [3.63, 3.8) is 0 Å². The SMILES string of the molecule is NCc1cccc(-c2ccc([C@@H]3O[C@H](CN4CCOCC4)C[C@H](c4ccc(CO)cc4)O3)cc2)c1. The van der Waals surface area contributed by atoms with E-state index in [0.717, 1.165) is 72.6 Å². The van der Waals surface area contributed by atoms with E-state index < -0.39 is 6.29 Å². The summed E-state index contributed by atoms with van der Waals surface area (Å²) in [6.07, 6.45) is 0.321. The molecule has 0 radical (unpaired) electrons. The average Bonchev–Trinajstić information content (AvgIpc) is 2.93. The second kappa shape index (κ2) is 11.4. The maximum absolute atomic E-state index is 9.41. The van der Waals surface area contributed by atoms with Gasteiger partial charge in [-0.25, -0.2) is 0 Å². The first-order chi connectivity index (χ1) is 17.2. The van der Waals surface area contributed by atoms with Crippen LogP contribution in [0, 0.1) is 0 Å². The van der Waals surface area contributed by atoms with E-state index in [1.54, 1.807) is 0 Å². The summed E-state index contributed by atoms with van der Waals surface area (Å²) in [4.78, 5) is 2.41. The first kappa shape index (κ1) is 24.1. The molecule has 3 aromatic rings. The van der Waals surface area contributed by atoms with Gasteiger partial charge in [-0.1, -0.05) is 66.7 Å². The fourth-order valence-electron chi connectivity index (χ4n) is 4.82. The van der Waals surface area contributed by atoms with Crippen molar-refractivity contribution >= 4 is 0 Å². The maximum Gasteiger partial charge on any atom is 0.184 e. The van der Waals surface area contributed by atoms with Gasteiger partial charge in [0.25, 0.3) is 0 Å². The number of hydrogen-bond donors (Lipinski definition) is 2. The zero-order valence-electron chi connectivity index (χ0n) is 20.0. The molecule has 6 heteroatoms. The highest BCUT2D eigenvalue weighted by Gasteiger charge is 2.33. The molecule has 184 valence electrons. The Balaban J connectivity index is 1.36. The number of nitrogens with zero attached hydrogens (tertiary/aromatic N) is 1. The molecule has 2 heterocycles. The summed E-state index contributed by atoms with van der Waals surface area (Å²) in [6, 6.07) is 24.8. The van der Waals surface area contributed by atoms with Crippen LogP contribution in [0.25, 0.3) is 11.1 Å². The van der Waals surface area contributed by atoms with Crippen LogP contribution in [0.3, 0.4) is 0 Å². The van der Waals surface area contributed by atoms with E-state index in [1.807, 2.05) is 24.3 Å². The Morgan fingerprint density at radius 2 is 1.57 bits per heavy atom. The van der Waals surface area contributed by atoms with Gasteiger partial charge in [0.2, 0.25) is 0 Å². The molecule has 0 saturated carbocycles. The third kappa shape index (κ3) is 5.98. The Labute approximate surface area is 207 Å². The predicted octanol–water partition coefficient (Wildman–Crippen LogP) is 4.18. The minimum absolute atomic E-state index is 0.0394. The normalized spacial score (nSPS) is 23.3. The van der Waals surface area contributed by atoms with Gasteiger partial charge in [0.05, 0.1) is 32.0 Å². The third-order valence-corrected chi connectivity index (χ3v) is 6.86. The van der Waals surface area contributed by atoms with E-state index in [2.05, 4.69) is 53.4 Å². The third-order valence-electron chi connectivity index (χ3n) is 6.86. The molecule has 5 rings (SSSR count). The Kier molecular flexibility index (Phi) is 7.88. The molecule has 3 aromatic carbocycles. The van der Waals surface area contributed by atoms with Gasteiger partial charge in [0.1, 0.15) is 0 Å². The molecule has 35 heavy (non-hydrogen) atoms. The van der Waals surface area contributed by atoms with Crippen LogP contribution in [0.15, 0.2) is 72.8 Å². The van der Waals surface area contributed by atoms with Crippen LogP contribution in [0.2, 0.25) is 0 Å². The van der Waals surface area contributed by atoms with Gasteiger partial charge < -0.3 is 25.1 Å². The number of benzene rings is 3. The van der Waals surface area contributed by atoms with Crippen molar-refractivity contribution in [2.45, 2.75) is 38.1 Å². The summed E-state index contributed by atoms with van der Waals surface area (Å²) in [6.45, 7) is 4.82. The zero-order chi connectivity index (χ0) is 24.0. The van der Waals surface area contributed by atoms with Crippen molar-refractivity contribution in [1.29, 1.82) is 0 Å². The van der Waals surface area contributed by atoms with Gasteiger partial charge in [0.15, 0.2) is 6.29 Å². The van der Waals surface area contributed by atoms with Gasteiger partial charge in [-0.15, -0.1) is 0 Å². The molecule has 2 fully saturated rings. The van der Waals surface area contributed by atoms with Crippen LogP contribution < -0.4 is 5.73 Å². The number of aliphatic hydroxyl groups excluding tert-OH is 1. The Bertz CT molecular complexity index is 1080. The van der Waals surface area contributed by atoms with Gasteiger partial charge in [-0.05, 0) is 33.9 Å². The summed E-state index contributed by atoms with van der Waals surface area (Å²) in [7, 11) is 0. The highest BCUT2D eigenvalue weighted by Crippen LogP contribution is 2.38. The fraction of sp³-hybridized carbons (Fsp3) is 0.379. The van der Waals surface area contributed by atoms with Crippen molar-refractivity contribution in [1.82, 2.24) is 4.90 Å². The van der Waals surface area contributed by atoms with Crippen molar-refractivity contribution in [2.75, 3.05) is 32.8 Å². The molecule has 2 aliphatic rings. The van der Waals surface area contributed by atoms with Crippen molar-refractivity contribution in [2.24, 2.45) is 5.73 Å². The van der Waals surface area contributed by atoms with E-state index >= 15 is 0 Å². The number of nitrogens with two attached hydrogens (primary N) is 1. The van der Waals surface area contributed by atoms with E-state index in [9.17, 15) is 5.11 Å². The first-order valence-electron chi connectivity index (χ1n) is 12.4. The van der Waals surface area contributed by atoms with Crippen LogP contribution in [0.1, 0.15) is 41.1 Å². The summed E-state index contributed by atoms with van der Waals surface area (Å²) in [5.74, 6) is 0. The zero-order valence-corrected chi connectivity index (χ0v) is 20.0. The maximum atomic E-state index is 9.41. The van der Waals surface area contributed by atoms with E-state index in [1.165, 1.54) is 0 Å². The lowest BCUT2D eigenvalue weighted by atomic mass is 9.99. The van der Waals surface area contributed by atoms with Gasteiger partial charge >= 0.3 is 0 Å². The molecular weight excluding hydrogens is 440 g/mol. The molecule has 0 amide bonds. The Morgan fingerprint density at radius 3 is 2.29 bits per heavy atom. The molecule has 0 spiro atoms. The van der Waals surface area contributed by atoms with Gasteiger partial charge in [-0.3, -0.25) is 4.90 Å². The second-order valence-corrected chi connectivity index (χ2v) is 9.29. The largest absolute Gasteiger partial charge is 0.392 e. The number of morpholine rings is 1. The molecule has 3 N–H and O–H groups in total. The molecule has 6 nitrogen and oxygen atoms in total. The van der Waals surface area contributed by atoms with Crippen LogP contribution in [-0.4, -0.2) is 49.0 Å². The van der Waals surface area contributed by atoms with Crippen LogP contribution >= 0.6 is 0 Å². The smallest absolute Gasteiger partial charge is 0.184 e. The van der Waals surface area contributed by atoms with Gasteiger partial charge in [0, 0.05) is 38.2 Å². The number of aliphatic hydroxyl groups is 1. The van der Waals surface area contributed by atoms with Crippen molar-refractivity contribution in [3.05, 3.63) is 95.1 Å². The molecule has 0 aromatic heterocycles. The van der Waals surface area contributed by atoms with Gasteiger partial charge in [-0.2, -0.15) is 0 Å². The molecular formula is C29H34N2O4. The summed E-state index contributed by atoms with van der Waals surface area (Å²) < 4.78 is 18.5. The van der Waals surface area contributed by atoms with E-state index in [0.29, 0.717) is 6.54 Å². The minimum Gasteiger partial charge on any atom is -0.392 e. The first-order valence-corrected chi connectivity index (χ1v) is 12.4. The van der Waals surface area contributed by atoms with Crippen LogP contribution in [-0.2, 0) is 27.4 Å². The lowest BCUT2D eigenvalue weighted by Gasteiger charge is -2.39. The standard InChI is InChI=1S/C29H34N2O4/c30-18-22-2-1-3-26(16-22)23-8-10-25(11-9-23)29-34-27(19-31-12-14-33-15-13-31)17-28(35-29)24-6-4-21(20-32)5-7-24/h1-11,16,27-29,32H,12-15,17-20,30H2/t27-,28+,29+/m0/s1. The summed E-state index contributed by atoms with van der Waals surface area (Å²) in [5.41, 5.74) is 12.2. The molecule has 3 atom stereocenters.